The molecule has 0 aromatic carbocycles. The van der Waals surface area contributed by atoms with Crippen molar-refractivity contribution in [2.24, 2.45) is 0 Å². The molecule has 1 amide bonds. The van der Waals surface area contributed by atoms with Crippen LogP contribution in [0.15, 0.2) is 34.9 Å². The van der Waals surface area contributed by atoms with Gasteiger partial charge in [0.05, 0.1) is 21.1 Å². The molecule has 19 heavy (non-hydrogen) atoms. The predicted octanol–water partition coefficient (Wildman–Crippen LogP) is 2.72. The van der Waals surface area contributed by atoms with Crippen LogP contribution in [0.4, 0.5) is 0 Å². The summed E-state index contributed by atoms with van der Waals surface area (Å²) in [5.41, 5.74) is -1.06. The molecule has 0 bridgehead atoms. The third-order valence-electron chi connectivity index (χ3n) is 2.56. The van der Waals surface area contributed by atoms with Gasteiger partial charge in [-0.05, 0) is 31.2 Å². The van der Waals surface area contributed by atoms with Crippen molar-refractivity contribution in [3.63, 3.8) is 0 Å². The highest BCUT2D eigenvalue weighted by Crippen LogP contribution is 2.21. The Balaban J connectivity index is 1.88. The topological polar surface area (TPSA) is 62.5 Å². The fraction of sp³-hybridized carbons (Fsp3) is 0.308. The highest BCUT2D eigenvalue weighted by molar-refractivity contribution is 7.17. The number of carbonyl (C=O) groups is 1. The van der Waals surface area contributed by atoms with Crippen LogP contribution in [-0.2, 0) is 6.42 Å². The van der Waals surface area contributed by atoms with Crippen LogP contribution in [0.3, 0.4) is 0 Å². The number of furan rings is 1. The second kappa shape index (κ2) is 5.77. The molecule has 102 valence electrons. The number of halogens is 1. The van der Waals surface area contributed by atoms with Gasteiger partial charge in [-0.2, -0.15) is 0 Å². The largest absolute Gasteiger partial charge is 0.469 e. The number of hydrogen-bond donors (Lipinski definition) is 2. The van der Waals surface area contributed by atoms with E-state index < -0.39 is 5.60 Å². The molecule has 0 aliphatic heterocycles. The van der Waals surface area contributed by atoms with Gasteiger partial charge in [-0.15, -0.1) is 11.3 Å². The third kappa shape index (κ3) is 4.09. The summed E-state index contributed by atoms with van der Waals surface area (Å²) in [6, 6.07) is 6.87. The summed E-state index contributed by atoms with van der Waals surface area (Å²) in [5.74, 6) is 0.440. The zero-order chi connectivity index (χ0) is 13.9. The van der Waals surface area contributed by atoms with E-state index in [0.717, 1.165) is 0 Å². The molecule has 6 heteroatoms. The molecule has 0 fully saturated rings. The summed E-state index contributed by atoms with van der Waals surface area (Å²) in [6.07, 6.45) is 1.89. The molecule has 0 radical (unpaired) electrons. The molecular formula is C13H14ClNO3S. The Labute approximate surface area is 120 Å². The van der Waals surface area contributed by atoms with Gasteiger partial charge in [0, 0.05) is 13.0 Å². The van der Waals surface area contributed by atoms with Crippen LogP contribution >= 0.6 is 22.9 Å². The van der Waals surface area contributed by atoms with Crippen LogP contribution < -0.4 is 5.32 Å². The normalized spacial score (nSPS) is 14.1. The summed E-state index contributed by atoms with van der Waals surface area (Å²) in [6.45, 7) is 1.79. The number of hydrogen-bond acceptors (Lipinski definition) is 4. The van der Waals surface area contributed by atoms with Gasteiger partial charge >= 0.3 is 0 Å². The lowest BCUT2D eigenvalue weighted by Crippen LogP contribution is -2.42. The number of nitrogens with one attached hydrogen (secondary N) is 1. The minimum absolute atomic E-state index is 0.141. The standard InChI is InChI=1S/C13H14ClNO3S/c1-13(17,7-9-3-2-6-18-9)8-15-12(16)10-4-5-11(14)19-10/h2-6,17H,7-8H2,1H3,(H,15,16). The summed E-state index contributed by atoms with van der Waals surface area (Å²) >= 11 is 6.97. The number of aliphatic hydroxyl groups is 1. The van der Waals surface area contributed by atoms with Crippen molar-refractivity contribution in [1.29, 1.82) is 0 Å². The van der Waals surface area contributed by atoms with Crippen molar-refractivity contribution in [3.8, 4) is 0 Å². The zero-order valence-electron chi connectivity index (χ0n) is 10.4. The Morgan fingerprint density at radius 3 is 2.89 bits per heavy atom. The van der Waals surface area contributed by atoms with Crippen LogP contribution in [0.1, 0.15) is 22.4 Å². The maximum atomic E-state index is 11.8. The predicted molar refractivity (Wildman–Crippen MR) is 74.7 cm³/mol. The maximum Gasteiger partial charge on any atom is 0.261 e. The second-order valence-corrected chi connectivity index (χ2v) is 6.25. The lowest BCUT2D eigenvalue weighted by molar-refractivity contribution is 0.0511. The molecule has 2 N–H and O–H groups in total. The number of thiophene rings is 1. The zero-order valence-corrected chi connectivity index (χ0v) is 11.9. The first-order chi connectivity index (χ1) is 8.96. The van der Waals surface area contributed by atoms with Crippen molar-refractivity contribution >= 4 is 28.8 Å². The Morgan fingerprint density at radius 2 is 2.32 bits per heavy atom. The summed E-state index contributed by atoms with van der Waals surface area (Å²) in [7, 11) is 0. The molecule has 0 spiro atoms. The molecule has 2 rings (SSSR count). The molecule has 1 unspecified atom stereocenters. The highest BCUT2D eigenvalue weighted by Gasteiger charge is 2.23. The smallest absolute Gasteiger partial charge is 0.261 e. The molecular weight excluding hydrogens is 286 g/mol. The van der Waals surface area contributed by atoms with Gasteiger partial charge in [-0.25, -0.2) is 0 Å². The Hall–Kier alpha value is -1.30. The van der Waals surface area contributed by atoms with Gasteiger partial charge in [0.2, 0.25) is 0 Å². The highest BCUT2D eigenvalue weighted by atomic mass is 35.5. The Kier molecular flexibility index (Phi) is 4.29. The first-order valence-corrected chi connectivity index (χ1v) is 6.94. The van der Waals surface area contributed by atoms with Crippen LogP contribution in [0.25, 0.3) is 0 Å². The van der Waals surface area contributed by atoms with Crippen molar-refractivity contribution in [1.82, 2.24) is 5.32 Å². The number of rotatable bonds is 5. The quantitative estimate of drug-likeness (QED) is 0.892. The van der Waals surface area contributed by atoms with Gasteiger partial charge in [0.25, 0.3) is 5.91 Å². The first-order valence-electron chi connectivity index (χ1n) is 5.75. The minimum Gasteiger partial charge on any atom is -0.469 e. The van der Waals surface area contributed by atoms with Gasteiger partial charge in [0.15, 0.2) is 0 Å². The fourth-order valence-electron chi connectivity index (χ4n) is 1.65. The Bertz CT molecular complexity index is 548. The summed E-state index contributed by atoms with van der Waals surface area (Å²) in [5, 5.41) is 12.9. The second-order valence-electron chi connectivity index (χ2n) is 4.54. The Morgan fingerprint density at radius 1 is 1.53 bits per heavy atom. The van der Waals surface area contributed by atoms with Crippen LogP contribution in [-0.4, -0.2) is 23.2 Å². The molecule has 2 heterocycles. The molecule has 0 aliphatic rings. The van der Waals surface area contributed by atoms with Gasteiger partial charge < -0.3 is 14.8 Å². The number of amides is 1. The van der Waals surface area contributed by atoms with E-state index in [1.807, 2.05) is 0 Å². The van der Waals surface area contributed by atoms with E-state index in [9.17, 15) is 9.90 Å². The van der Waals surface area contributed by atoms with Crippen LogP contribution in [0.5, 0.6) is 0 Å². The fourth-order valence-corrected chi connectivity index (χ4v) is 2.60. The summed E-state index contributed by atoms with van der Waals surface area (Å²) in [4.78, 5) is 12.3. The van der Waals surface area contributed by atoms with E-state index in [1.54, 1.807) is 37.5 Å². The van der Waals surface area contributed by atoms with E-state index in [-0.39, 0.29) is 12.5 Å². The third-order valence-corrected chi connectivity index (χ3v) is 3.79. The van der Waals surface area contributed by atoms with Crippen molar-refractivity contribution in [2.75, 3.05) is 6.54 Å². The molecule has 2 aromatic rings. The minimum atomic E-state index is -1.06. The lowest BCUT2D eigenvalue weighted by Gasteiger charge is -2.22. The molecule has 0 saturated carbocycles. The molecule has 1 atom stereocenters. The molecule has 0 aliphatic carbocycles. The van der Waals surface area contributed by atoms with Crippen molar-refractivity contribution in [3.05, 3.63) is 45.5 Å². The monoisotopic (exact) mass is 299 g/mol. The molecule has 4 nitrogen and oxygen atoms in total. The van der Waals surface area contributed by atoms with E-state index in [0.29, 0.717) is 21.4 Å². The average molecular weight is 300 g/mol. The van der Waals surface area contributed by atoms with E-state index in [1.165, 1.54) is 11.3 Å². The first kappa shape index (κ1) is 14.1. The average Bonchev–Trinajstić information content (AvgIpc) is 2.97. The van der Waals surface area contributed by atoms with Gasteiger partial charge in [-0.1, -0.05) is 11.6 Å². The van der Waals surface area contributed by atoms with Crippen molar-refractivity contribution < 1.29 is 14.3 Å². The number of carbonyl (C=O) groups excluding carboxylic acids is 1. The SMILES string of the molecule is CC(O)(CNC(=O)c1ccc(Cl)s1)Cc1ccco1. The van der Waals surface area contributed by atoms with Crippen molar-refractivity contribution in [2.45, 2.75) is 18.9 Å². The van der Waals surface area contributed by atoms with Crippen LogP contribution in [0.2, 0.25) is 4.34 Å². The van der Waals surface area contributed by atoms with Crippen LogP contribution in [0, 0.1) is 0 Å². The lowest BCUT2D eigenvalue weighted by atomic mass is 10.0. The van der Waals surface area contributed by atoms with E-state index in [2.05, 4.69) is 5.32 Å². The van der Waals surface area contributed by atoms with Gasteiger partial charge in [-0.3, -0.25) is 4.79 Å². The molecule has 2 aromatic heterocycles. The van der Waals surface area contributed by atoms with E-state index in [4.69, 9.17) is 16.0 Å². The maximum absolute atomic E-state index is 11.8. The summed E-state index contributed by atoms with van der Waals surface area (Å²) < 4.78 is 5.74. The van der Waals surface area contributed by atoms with Gasteiger partial charge in [0.1, 0.15) is 5.76 Å². The molecule has 0 saturated heterocycles. The van der Waals surface area contributed by atoms with E-state index >= 15 is 0 Å².